The van der Waals surface area contributed by atoms with Crippen molar-refractivity contribution >= 4 is 67.0 Å². The third-order valence-electron chi connectivity index (χ3n) is 10.4. The minimum Gasteiger partial charge on any atom is -0.368 e. The molecule has 3 saturated heterocycles. The lowest BCUT2D eigenvalue weighted by Gasteiger charge is -2.43. The van der Waals surface area contributed by atoms with Crippen molar-refractivity contribution in [3.05, 3.63) is 87.6 Å². The number of rotatable bonds is 12. The van der Waals surface area contributed by atoms with Gasteiger partial charge in [0.25, 0.3) is 0 Å². The van der Waals surface area contributed by atoms with Crippen LogP contribution in [0, 0.1) is 0 Å². The second kappa shape index (κ2) is 17.7. The number of para-hydroxylation sites is 1. The maximum Gasteiger partial charge on any atom is 0.318 e. The maximum atomic E-state index is 14.2. The van der Waals surface area contributed by atoms with Crippen LogP contribution in [-0.4, -0.2) is 109 Å². The van der Waals surface area contributed by atoms with Crippen molar-refractivity contribution in [2.75, 3.05) is 62.3 Å². The largest absolute Gasteiger partial charge is 0.368 e. The van der Waals surface area contributed by atoms with Crippen LogP contribution in [0.4, 0.5) is 16.2 Å². The van der Waals surface area contributed by atoms with Gasteiger partial charge in [-0.3, -0.25) is 19.4 Å². The molecule has 5 amide bonds. The van der Waals surface area contributed by atoms with E-state index in [0.29, 0.717) is 78.2 Å². The van der Waals surface area contributed by atoms with E-state index in [9.17, 15) is 19.2 Å². The summed E-state index contributed by atoms with van der Waals surface area (Å²) >= 11 is 7.07. The molecule has 1 spiro atoms. The fourth-order valence-corrected chi connectivity index (χ4v) is 8.90. The van der Waals surface area contributed by atoms with Crippen molar-refractivity contribution in [3.8, 4) is 0 Å². The highest BCUT2D eigenvalue weighted by molar-refractivity contribution is 9.11. The second-order valence-corrected chi connectivity index (χ2v) is 15.6. The number of nitrogens with two attached hydrogens (primary N) is 1. The third-order valence-corrected chi connectivity index (χ3v) is 11.4. The summed E-state index contributed by atoms with van der Waals surface area (Å²) in [5.41, 5.74) is 7.87. The van der Waals surface area contributed by atoms with Crippen molar-refractivity contribution < 1.29 is 19.2 Å². The van der Waals surface area contributed by atoms with Crippen LogP contribution in [-0.2, 0) is 20.8 Å². The van der Waals surface area contributed by atoms with Crippen LogP contribution in [0.1, 0.15) is 37.7 Å². The average molecular weight is 854 g/mol. The van der Waals surface area contributed by atoms with E-state index in [2.05, 4.69) is 62.6 Å². The highest BCUT2D eigenvalue weighted by Crippen LogP contribution is 2.36. The summed E-state index contributed by atoms with van der Waals surface area (Å²) in [5, 5.41) is 9.03. The van der Waals surface area contributed by atoms with Crippen LogP contribution in [0.3, 0.4) is 0 Å². The van der Waals surface area contributed by atoms with E-state index < -0.39 is 29.6 Å². The summed E-state index contributed by atoms with van der Waals surface area (Å²) < 4.78 is 1.65. The number of anilines is 2. The summed E-state index contributed by atoms with van der Waals surface area (Å²) in [5.74, 6) is -0.614. The van der Waals surface area contributed by atoms with Crippen molar-refractivity contribution in [1.29, 1.82) is 0 Å². The molecule has 0 radical (unpaired) electrons. The normalized spacial score (nSPS) is 18.1. The molecule has 0 saturated carbocycles. The van der Waals surface area contributed by atoms with Gasteiger partial charge in [-0.2, -0.15) is 0 Å². The Balaban J connectivity index is 1.15. The molecule has 13 nitrogen and oxygen atoms in total. The molecule has 2 aromatic carbocycles. The first-order chi connectivity index (χ1) is 25.7. The van der Waals surface area contributed by atoms with Crippen molar-refractivity contribution in [2.45, 2.75) is 56.1 Å². The number of nitrogens with zero attached hydrogens (tertiary/aromatic N) is 5. The number of piperidine rings is 1. The van der Waals surface area contributed by atoms with Crippen LogP contribution >= 0.6 is 31.9 Å². The zero-order valence-corrected chi connectivity index (χ0v) is 32.9. The number of likely N-dealkylation sites (tertiary alicyclic amines) is 1. The van der Waals surface area contributed by atoms with Gasteiger partial charge in [0.15, 0.2) is 0 Å². The summed E-state index contributed by atoms with van der Waals surface area (Å²) in [6.07, 6.45) is 6.43. The van der Waals surface area contributed by atoms with Crippen molar-refractivity contribution in [3.63, 3.8) is 0 Å². The Hall–Kier alpha value is -4.21. The summed E-state index contributed by atoms with van der Waals surface area (Å²) in [6.45, 7) is 3.94. The molecular weight excluding hydrogens is 806 g/mol. The Bertz CT molecular complexity index is 1720. The number of carbonyl (C=O) groups is 4. The van der Waals surface area contributed by atoms with Crippen LogP contribution in [0.15, 0.2) is 82.0 Å². The first-order valence-corrected chi connectivity index (χ1v) is 19.8. The summed E-state index contributed by atoms with van der Waals surface area (Å²) in [6, 6.07) is 17.3. The predicted molar refractivity (Wildman–Crippen MR) is 211 cm³/mol. The number of hydrogen-bond acceptors (Lipinski definition) is 8. The number of unbranched alkanes of at least 4 members (excludes halogenated alkanes) is 1. The SMILES string of the molecule is NCCCC[C@H](NC(=O)C(Cc1cc(Br)cc(Br)c1)NC(=O)N1CCC2(CC1)C(=O)NCN2c1ccccc1)C(=O)N1CCN(c2ccncc2)CC1. The van der Waals surface area contributed by atoms with Crippen LogP contribution < -0.4 is 31.5 Å². The zero-order valence-electron chi connectivity index (χ0n) is 29.7. The van der Waals surface area contributed by atoms with E-state index in [1.165, 1.54) is 0 Å². The molecule has 53 heavy (non-hydrogen) atoms. The number of aromatic nitrogens is 1. The van der Waals surface area contributed by atoms with E-state index in [1.807, 2.05) is 65.6 Å². The molecule has 0 aliphatic carbocycles. The topological polar surface area (TPSA) is 156 Å². The number of halogens is 2. The molecule has 1 aromatic heterocycles. The number of urea groups is 1. The number of piperazine rings is 1. The highest BCUT2D eigenvalue weighted by atomic mass is 79.9. The fraction of sp³-hybridized carbons (Fsp3) is 0.447. The van der Waals surface area contributed by atoms with Gasteiger partial charge in [0.1, 0.15) is 17.6 Å². The smallest absolute Gasteiger partial charge is 0.318 e. The Morgan fingerprint density at radius 2 is 1.51 bits per heavy atom. The standard InChI is InChI=1S/C38H47Br2N9O4/c39-28-22-27(23-29(40)25-28)24-33(45-37(53)48-16-11-38(12-17-48)36(52)43-26-49(38)31-6-2-1-3-7-31)34(50)44-32(8-4-5-13-41)35(51)47-20-18-46(19-21-47)30-9-14-42-15-10-30/h1-3,6-7,9-10,14-15,22-23,25,32-33H,4-5,8,11-13,16-21,24,26,41H2,(H,43,52)(H,44,50)(H,45,53)/t32-,33?/m0/s1. The quantitative estimate of drug-likeness (QED) is 0.202. The van der Waals surface area contributed by atoms with E-state index in [-0.39, 0.29) is 18.2 Å². The second-order valence-electron chi connectivity index (χ2n) is 13.8. The van der Waals surface area contributed by atoms with E-state index in [4.69, 9.17) is 5.73 Å². The minimum atomic E-state index is -0.969. The molecule has 3 aliphatic heterocycles. The van der Waals surface area contributed by atoms with E-state index in [1.54, 1.807) is 17.3 Å². The molecule has 5 N–H and O–H groups in total. The molecule has 3 aliphatic rings. The van der Waals surface area contributed by atoms with Gasteiger partial charge >= 0.3 is 6.03 Å². The van der Waals surface area contributed by atoms with Crippen LogP contribution in [0.5, 0.6) is 0 Å². The molecule has 3 fully saturated rings. The first kappa shape index (κ1) is 38.5. The molecule has 2 atom stereocenters. The van der Waals surface area contributed by atoms with Gasteiger partial charge in [-0.05, 0) is 86.7 Å². The number of pyridine rings is 1. The molecule has 0 bridgehead atoms. The molecule has 3 aromatic rings. The predicted octanol–water partition coefficient (Wildman–Crippen LogP) is 3.62. The first-order valence-electron chi connectivity index (χ1n) is 18.2. The maximum absolute atomic E-state index is 14.2. The number of nitrogens with one attached hydrogen (secondary N) is 3. The van der Waals surface area contributed by atoms with Crippen molar-refractivity contribution in [1.82, 2.24) is 30.7 Å². The van der Waals surface area contributed by atoms with Gasteiger partial charge in [-0.25, -0.2) is 4.79 Å². The zero-order chi connectivity index (χ0) is 37.4. The Morgan fingerprint density at radius 1 is 0.830 bits per heavy atom. The number of hydrogen-bond donors (Lipinski definition) is 4. The fourth-order valence-electron chi connectivity index (χ4n) is 7.51. The van der Waals surface area contributed by atoms with Crippen molar-refractivity contribution in [2.24, 2.45) is 5.73 Å². The lowest BCUT2D eigenvalue weighted by molar-refractivity contribution is -0.137. The molecule has 1 unspecified atom stereocenters. The van der Waals surface area contributed by atoms with Gasteiger partial charge in [0.2, 0.25) is 17.7 Å². The number of amides is 5. The highest BCUT2D eigenvalue weighted by Gasteiger charge is 2.51. The molecule has 4 heterocycles. The van der Waals surface area contributed by atoms with Gasteiger partial charge < -0.3 is 41.3 Å². The van der Waals surface area contributed by atoms with Gasteiger partial charge in [0.05, 0.1) is 6.67 Å². The Kier molecular flexibility index (Phi) is 12.9. The summed E-state index contributed by atoms with van der Waals surface area (Å²) in [7, 11) is 0. The van der Waals surface area contributed by atoms with Gasteiger partial charge in [0, 0.05) is 78.4 Å². The van der Waals surface area contributed by atoms with E-state index in [0.717, 1.165) is 32.3 Å². The van der Waals surface area contributed by atoms with Crippen LogP contribution in [0.2, 0.25) is 0 Å². The summed E-state index contributed by atoms with van der Waals surface area (Å²) in [4.78, 5) is 67.2. The Morgan fingerprint density at radius 3 is 2.17 bits per heavy atom. The third kappa shape index (κ3) is 9.30. The molecule has 6 rings (SSSR count). The number of benzene rings is 2. The van der Waals surface area contributed by atoms with Gasteiger partial charge in [-0.15, -0.1) is 0 Å². The average Bonchev–Trinajstić information content (AvgIpc) is 3.48. The molecule has 282 valence electrons. The lowest BCUT2D eigenvalue weighted by atomic mass is 9.85. The Labute approximate surface area is 327 Å². The number of carbonyl (C=O) groups excluding carboxylic acids is 4. The van der Waals surface area contributed by atoms with E-state index >= 15 is 0 Å². The lowest BCUT2D eigenvalue weighted by Crippen LogP contribution is -2.61. The monoisotopic (exact) mass is 851 g/mol. The molecule has 15 heteroatoms. The van der Waals surface area contributed by atoms with Crippen LogP contribution in [0.25, 0.3) is 0 Å². The van der Waals surface area contributed by atoms with Gasteiger partial charge in [-0.1, -0.05) is 50.1 Å². The minimum absolute atomic E-state index is 0.0389. The molecular formula is C38H47Br2N9O4.